The lowest BCUT2D eigenvalue weighted by Crippen LogP contribution is -2.00. The highest BCUT2D eigenvalue weighted by Gasteiger charge is 2.14. The standard InChI is InChI=1S/C12H12ClN3O/c1-7-8(2)12(13)16-15-10(7)11-9(17-3)5-4-6-14-11/h4-6H,1-3H3. The maximum absolute atomic E-state index is 5.92. The first-order chi connectivity index (χ1) is 8.15. The van der Waals surface area contributed by atoms with Gasteiger partial charge >= 0.3 is 0 Å². The van der Waals surface area contributed by atoms with E-state index in [0.29, 0.717) is 22.3 Å². The van der Waals surface area contributed by atoms with E-state index in [1.807, 2.05) is 26.0 Å². The Morgan fingerprint density at radius 1 is 1.12 bits per heavy atom. The smallest absolute Gasteiger partial charge is 0.154 e. The fourth-order valence-corrected chi connectivity index (χ4v) is 1.71. The molecule has 2 heterocycles. The molecule has 2 aromatic heterocycles. The third-order valence-electron chi connectivity index (χ3n) is 2.68. The Morgan fingerprint density at radius 3 is 2.59 bits per heavy atom. The molecule has 4 nitrogen and oxygen atoms in total. The maximum atomic E-state index is 5.92. The van der Waals surface area contributed by atoms with Crippen LogP contribution in [0, 0.1) is 13.8 Å². The molecule has 0 aliphatic rings. The van der Waals surface area contributed by atoms with Gasteiger partial charge in [0, 0.05) is 6.20 Å². The minimum absolute atomic E-state index is 0.418. The van der Waals surface area contributed by atoms with Crippen LogP contribution >= 0.6 is 11.6 Å². The second kappa shape index (κ2) is 4.67. The minimum Gasteiger partial charge on any atom is -0.494 e. The summed E-state index contributed by atoms with van der Waals surface area (Å²) in [6.45, 7) is 3.85. The Bertz CT molecular complexity index is 557. The monoisotopic (exact) mass is 249 g/mol. The van der Waals surface area contributed by atoms with Gasteiger partial charge in [0.05, 0.1) is 7.11 Å². The van der Waals surface area contributed by atoms with E-state index in [-0.39, 0.29) is 0 Å². The van der Waals surface area contributed by atoms with E-state index >= 15 is 0 Å². The van der Waals surface area contributed by atoms with Gasteiger partial charge in [-0.2, -0.15) is 0 Å². The van der Waals surface area contributed by atoms with Crippen molar-refractivity contribution >= 4 is 11.6 Å². The van der Waals surface area contributed by atoms with Crippen LogP contribution in [-0.2, 0) is 0 Å². The van der Waals surface area contributed by atoms with Crippen LogP contribution < -0.4 is 4.74 Å². The van der Waals surface area contributed by atoms with Gasteiger partial charge in [-0.25, -0.2) is 0 Å². The summed E-state index contributed by atoms with van der Waals surface area (Å²) >= 11 is 5.92. The number of nitrogens with zero attached hydrogens (tertiary/aromatic N) is 3. The highest BCUT2D eigenvalue weighted by atomic mass is 35.5. The summed E-state index contributed by atoms with van der Waals surface area (Å²) < 4.78 is 5.26. The molecule has 0 saturated heterocycles. The van der Waals surface area contributed by atoms with E-state index in [4.69, 9.17) is 16.3 Å². The minimum atomic E-state index is 0.418. The van der Waals surface area contributed by atoms with Gasteiger partial charge in [0.15, 0.2) is 5.15 Å². The molecule has 0 aliphatic heterocycles. The molecule has 88 valence electrons. The van der Waals surface area contributed by atoms with Crippen LogP contribution in [0.5, 0.6) is 5.75 Å². The topological polar surface area (TPSA) is 47.9 Å². The molecule has 5 heteroatoms. The first kappa shape index (κ1) is 11.8. The third-order valence-corrected chi connectivity index (χ3v) is 3.04. The van der Waals surface area contributed by atoms with Crippen molar-refractivity contribution in [2.75, 3.05) is 7.11 Å². The summed E-state index contributed by atoms with van der Waals surface area (Å²) in [5.74, 6) is 0.673. The Kier molecular flexibility index (Phi) is 3.24. The van der Waals surface area contributed by atoms with Crippen molar-refractivity contribution in [3.05, 3.63) is 34.6 Å². The van der Waals surface area contributed by atoms with Gasteiger partial charge in [0.2, 0.25) is 0 Å². The Morgan fingerprint density at radius 2 is 1.88 bits per heavy atom. The average molecular weight is 250 g/mol. The van der Waals surface area contributed by atoms with E-state index in [2.05, 4.69) is 15.2 Å². The van der Waals surface area contributed by atoms with Crippen molar-refractivity contribution < 1.29 is 4.74 Å². The van der Waals surface area contributed by atoms with E-state index in [1.165, 1.54) is 0 Å². The molecule has 0 bridgehead atoms. The molecule has 0 unspecified atom stereocenters. The average Bonchev–Trinajstić information content (AvgIpc) is 2.36. The lowest BCUT2D eigenvalue weighted by atomic mass is 10.1. The number of rotatable bonds is 2. The van der Waals surface area contributed by atoms with Crippen LogP contribution in [0.1, 0.15) is 11.1 Å². The molecule has 17 heavy (non-hydrogen) atoms. The first-order valence-electron chi connectivity index (χ1n) is 5.14. The second-order valence-corrected chi connectivity index (χ2v) is 4.00. The molecule has 0 spiro atoms. The van der Waals surface area contributed by atoms with Crippen molar-refractivity contribution in [2.45, 2.75) is 13.8 Å². The molecule has 0 amide bonds. The molecule has 0 aliphatic carbocycles. The fraction of sp³-hybridized carbons (Fsp3) is 0.250. The van der Waals surface area contributed by atoms with E-state index < -0.39 is 0 Å². The molecule has 0 fully saturated rings. The van der Waals surface area contributed by atoms with E-state index in [1.54, 1.807) is 13.3 Å². The molecule has 2 rings (SSSR count). The molecular weight excluding hydrogens is 238 g/mol. The van der Waals surface area contributed by atoms with Gasteiger partial charge in [0.1, 0.15) is 17.1 Å². The Balaban J connectivity index is 2.65. The number of aromatic nitrogens is 3. The quantitative estimate of drug-likeness (QED) is 0.821. The summed E-state index contributed by atoms with van der Waals surface area (Å²) in [6.07, 6.45) is 1.70. The van der Waals surface area contributed by atoms with Gasteiger partial charge in [-0.15, -0.1) is 10.2 Å². The SMILES string of the molecule is COc1cccnc1-c1nnc(Cl)c(C)c1C. The molecule has 0 saturated carbocycles. The second-order valence-electron chi connectivity index (χ2n) is 3.64. The van der Waals surface area contributed by atoms with Crippen LogP contribution in [0.25, 0.3) is 11.4 Å². The van der Waals surface area contributed by atoms with E-state index in [0.717, 1.165) is 11.1 Å². The van der Waals surface area contributed by atoms with E-state index in [9.17, 15) is 0 Å². The summed E-state index contributed by atoms with van der Waals surface area (Å²) in [6, 6.07) is 3.65. The van der Waals surface area contributed by atoms with Crippen molar-refractivity contribution in [3.63, 3.8) is 0 Å². The molecule has 0 N–H and O–H groups in total. The number of methoxy groups -OCH3 is 1. The largest absolute Gasteiger partial charge is 0.494 e. The van der Waals surface area contributed by atoms with Gasteiger partial charge in [-0.05, 0) is 37.1 Å². The zero-order chi connectivity index (χ0) is 12.4. The normalized spacial score (nSPS) is 10.4. The van der Waals surface area contributed by atoms with Crippen molar-refractivity contribution in [2.24, 2.45) is 0 Å². The first-order valence-corrected chi connectivity index (χ1v) is 5.51. The molecule has 0 aromatic carbocycles. The Hall–Kier alpha value is -1.68. The van der Waals surface area contributed by atoms with Crippen LogP contribution in [0.3, 0.4) is 0 Å². The van der Waals surface area contributed by atoms with Gasteiger partial charge < -0.3 is 4.74 Å². The molecular formula is C12H12ClN3O. The highest BCUT2D eigenvalue weighted by Crippen LogP contribution is 2.30. The predicted octanol–water partition coefficient (Wildman–Crippen LogP) is 2.82. The fourth-order valence-electron chi connectivity index (χ4n) is 1.53. The lowest BCUT2D eigenvalue weighted by molar-refractivity contribution is 0.414. The zero-order valence-electron chi connectivity index (χ0n) is 9.86. The van der Waals surface area contributed by atoms with Gasteiger partial charge in [0.25, 0.3) is 0 Å². The van der Waals surface area contributed by atoms with Crippen molar-refractivity contribution in [1.82, 2.24) is 15.2 Å². The van der Waals surface area contributed by atoms with Gasteiger partial charge in [-0.3, -0.25) is 4.98 Å². The number of halogens is 1. The van der Waals surface area contributed by atoms with Crippen molar-refractivity contribution in [1.29, 1.82) is 0 Å². The predicted molar refractivity (Wildman–Crippen MR) is 66.3 cm³/mol. The molecule has 2 aromatic rings. The van der Waals surface area contributed by atoms with Crippen LogP contribution in [0.15, 0.2) is 18.3 Å². The number of ether oxygens (including phenoxy) is 1. The summed E-state index contributed by atoms with van der Waals surface area (Å²) in [5.41, 5.74) is 3.25. The maximum Gasteiger partial charge on any atom is 0.154 e. The third kappa shape index (κ3) is 2.08. The number of pyridine rings is 1. The number of hydrogen-bond donors (Lipinski definition) is 0. The number of hydrogen-bond acceptors (Lipinski definition) is 4. The van der Waals surface area contributed by atoms with Gasteiger partial charge in [-0.1, -0.05) is 11.6 Å². The highest BCUT2D eigenvalue weighted by molar-refractivity contribution is 6.30. The lowest BCUT2D eigenvalue weighted by Gasteiger charge is -2.10. The molecule has 0 atom stereocenters. The van der Waals surface area contributed by atoms with Crippen LogP contribution in [0.4, 0.5) is 0 Å². The van der Waals surface area contributed by atoms with Crippen LogP contribution in [-0.4, -0.2) is 22.3 Å². The zero-order valence-corrected chi connectivity index (χ0v) is 10.6. The summed E-state index contributed by atoms with van der Waals surface area (Å²) in [7, 11) is 1.60. The van der Waals surface area contributed by atoms with Crippen LogP contribution in [0.2, 0.25) is 5.15 Å². The van der Waals surface area contributed by atoms with Crippen molar-refractivity contribution in [3.8, 4) is 17.1 Å². The summed E-state index contributed by atoms with van der Waals surface area (Å²) in [5, 5.41) is 8.42. The Labute approximate surface area is 105 Å². The summed E-state index contributed by atoms with van der Waals surface area (Å²) in [4.78, 5) is 4.28. The molecule has 0 radical (unpaired) electrons.